The molecule has 1 aliphatic rings. The number of hydrogen-bond donors (Lipinski definition) is 0. The molecule has 17 heavy (non-hydrogen) atoms. The maximum absolute atomic E-state index is 5.83. The van der Waals surface area contributed by atoms with E-state index in [0.29, 0.717) is 4.67 Å². The molecule has 0 aliphatic carbocycles. The number of hydrogen-bond acceptors (Lipinski definition) is 3. The van der Waals surface area contributed by atoms with Crippen LogP contribution in [0.2, 0.25) is 0 Å². The molecule has 1 fully saturated rings. The molecule has 0 atom stereocenters. The first-order chi connectivity index (χ1) is 7.80. The first-order valence-electron chi connectivity index (χ1n) is 5.59. The minimum atomic E-state index is -0.330. The molecule has 1 saturated heterocycles. The summed E-state index contributed by atoms with van der Waals surface area (Å²) >= 11 is 3.26. The lowest BCUT2D eigenvalue weighted by atomic mass is 9.90. The molecular formula is C12H16BBrO3. The monoisotopic (exact) mass is 298 g/mol. The molecule has 0 unspecified atom stereocenters. The van der Waals surface area contributed by atoms with Crippen molar-refractivity contribution in [2.75, 3.05) is 0 Å². The van der Waals surface area contributed by atoms with Crippen LogP contribution >= 0.6 is 15.9 Å². The Bertz CT molecular complexity index is 421. The second-order valence-corrected chi connectivity index (χ2v) is 5.91. The summed E-state index contributed by atoms with van der Waals surface area (Å²) in [4.78, 5) is 0. The first-order valence-corrected chi connectivity index (χ1v) is 6.39. The molecule has 1 aliphatic heterocycles. The van der Waals surface area contributed by atoms with Crippen molar-refractivity contribution in [2.45, 2.75) is 38.9 Å². The summed E-state index contributed by atoms with van der Waals surface area (Å²) in [5.41, 5.74) is -0.600. The Morgan fingerprint density at radius 2 is 1.71 bits per heavy atom. The molecule has 1 aromatic heterocycles. The van der Waals surface area contributed by atoms with Crippen molar-refractivity contribution in [1.29, 1.82) is 0 Å². The van der Waals surface area contributed by atoms with Crippen molar-refractivity contribution in [3.8, 4) is 0 Å². The van der Waals surface area contributed by atoms with Gasteiger partial charge in [0.05, 0.1) is 11.2 Å². The highest BCUT2D eigenvalue weighted by Gasteiger charge is 2.49. The van der Waals surface area contributed by atoms with Crippen molar-refractivity contribution in [3.05, 3.63) is 28.5 Å². The molecule has 0 spiro atoms. The minimum Gasteiger partial charge on any atom is -0.450 e. The lowest BCUT2D eigenvalue weighted by Gasteiger charge is -2.32. The second-order valence-electron chi connectivity index (χ2n) is 5.13. The number of halogens is 1. The average Bonchev–Trinajstić information content (AvgIpc) is 2.67. The third-order valence-corrected chi connectivity index (χ3v) is 3.71. The third-order valence-electron chi connectivity index (χ3n) is 3.28. The van der Waals surface area contributed by atoms with Crippen LogP contribution in [0.5, 0.6) is 0 Å². The standard InChI is InChI=1S/C12H16BBrO3/c1-11(2)12(3,4)17-13(16-11)8-7-9-5-6-10(14)15-9/h5-8H,1-4H3/b8-7+. The molecule has 0 bridgehead atoms. The number of rotatable bonds is 2. The average molecular weight is 299 g/mol. The Labute approximate surface area is 110 Å². The van der Waals surface area contributed by atoms with Crippen LogP contribution in [0, 0.1) is 0 Å². The fourth-order valence-electron chi connectivity index (χ4n) is 1.56. The number of furan rings is 1. The Kier molecular flexibility index (Phi) is 3.27. The van der Waals surface area contributed by atoms with E-state index in [9.17, 15) is 0 Å². The Balaban J connectivity index is 2.05. The van der Waals surface area contributed by atoms with Crippen molar-refractivity contribution in [1.82, 2.24) is 0 Å². The van der Waals surface area contributed by atoms with Crippen molar-refractivity contribution in [2.24, 2.45) is 0 Å². The Morgan fingerprint density at radius 1 is 1.12 bits per heavy atom. The summed E-state index contributed by atoms with van der Waals surface area (Å²) in [6.45, 7) is 8.13. The largest absolute Gasteiger partial charge is 0.487 e. The highest BCUT2D eigenvalue weighted by atomic mass is 79.9. The summed E-state index contributed by atoms with van der Waals surface area (Å²) in [6.07, 6.45) is 1.85. The Hall–Kier alpha value is -0.515. The van der Waals surface area contributed by atoms with E-state index in [-0.39, 0.29) is 18.3 Å². The normalized spacial score (nSPS) is 22.5. The zero-order valence-corrected chi connectivity index (χ0v) is 12.1. The predicted molar refractivity (Wildman–Crippen MR) is 71.5 cm³/mol. The molecule has 92 valence electrons. The van der Waals surface area contributed by atoms with Crippen LogP contribution in [0.1, 0.15) is 33.5 Å². The topological polar surface area (TPSA) is 31.6 Å². The summed E-state index contributed by atoms with van der Waals surface area (Å²) < 4.78 is 17.7. The molecule has 0 radical (unpaired) electrons. The minimum absolute atomic E-state index is 0.300. The van der Waals surface area contributed by atoms with Gasteiger partial charge in [0, 0.05) is 0 Å². The highest BCUT2D eigenvalue weighted by molar-refractivity contribution is 9.10. The van der Waals surface area contributed by atoms with Crippen LogP contribution in [0.15, 0.2) is 27.2 Å². The van der Waals surface area contributed by atoms with Crippen molar-refractivity contribution >= 4 is 29.1 Å². The molecule has 5 heteroatoms. The Morgan fingerprint density at radius 3 is 2.18 bits per heavy atom. The summed E-state index contributed by atoms with van der Waals surface area (Å²) in [7, 11) is -0.330. The summed E-state index contributed by atoms with van der Waals surface area (Å²) in [5.74, 6) is 2.63. The van der Waals surface area contributed by atoms with Gasteiger partial charge in [-0.3, -0.25) is 0 Å². The zero-order valence-electron chi connectivity index (χ0n) is 10.5. The van der Waals surface area contributed by atoms with Gasteiger partial charge in [-0.1, -0.05) is 5.98 Å². The molecule has 0 N–H and O–H groups in total. The van der Waals surface area contributed by atoms with Crippen molar-refractivity contribution in [3.63, 3.8) is 0 Å². The van der Waals surface area contributed by atoms with Crippen LogP contribution in [0.3, 0.4) is 0 Å². The van der Waals surface area contributed by atoms with Gasteiger partial charge in [-0.2, -0.15) is 0 Å². The molecule has 0 amide bonds. The molecule has 3 nitrogen and oxygen atoms in total. The molecule has 1 aromatic rings. The smallest absolute Gasteiger partial charge is 0.450 e. The lowest BCUT2D eigenvalue weighted by Crippen LogP contribution is -2.41. The summed E-state index contributed by atoms with van der Waals surface area (Å²) in [6, 6.07) is 3.73. The van der Waals surface area contributed by atoms with E-state index >= 15 is 0 Å². The van der Waals surface area contributed by atoms with E-state index in [4.69, 9.17) is 13.7 Å². The van der Waals surface area contributed by atoms with Crippen LogP contribution in [-0.2, 0) is 9.31 Å². The zero-order chi connectivity index (χ0) is 12.7. The third kappa shape index (κ3) is 2.67. The molecular weight excluding hydrogens is 283 g/mol. The molecule has 2 rings (SSSR count). The van der Waals surface area contributed by atoms with E-state index in [2.05, 4.69) is 15.9 Å². The van der Waals surface area contributed by atoms with Gasteiger partial charge in [0.1, 0.15) is 5.76 Å². The molecule has 0 aromatic carbocycles. The van der Waals surface area contributed by atoms with E-state index < -0.39 is 0 Å². The fraction of sp³-hybridized carbons (Fsp3) is 0.500. The van der Waals surface area contributed by atoms with Gasteiger partial charge in [0.25, 0.3) is 0 Å². The van der Waals surface area contributed by atoms with Crippen LogP contribution in [0.25, 0.3) is 6.08 Å². The van der Waals surface area contributed by atoms with Crippen LogP contribution in [0.4, 0.5) is 0 Å². The van der Waals surface area contributed by atoms with Gasteiger partial charge < -0.3 is 13.7 Å². The molecule has 0 saturated carbocycles. The fourth-order valence-corrected chi connectivity index (χ4v) is 1.88. The van der Waals surface area contributed by atoms with Gasteiger partial charge in [0.2, 0.25) is 0 Å². The summed E-state index contributed by atoms with van der Waals surface area (Å²) in [5, 5.41) is 0. The van der Waals surface area contributed by atoms with Crippen LogP contribution < -0.4 is 0 Å². The SMILES string of the molecule is CC1(C)OB(/C=C/c2ccc(Br)o2)OC1(C)C. The van der Waals surface area contributed by atoms with E-state index in [1.54, 1.807) is 0 Å². The van der Waals surface area contributed by atoms with Gasteiger partial charge in [-0.25, -0.2) is 0 Å². The predicted octanol–water partition coefficient (Wildman–Crippen LogP) is 3.69. The highest BCUT2D eigenvalue weighted by Crippen LogP contribution is 2.37. The molecule has 2 heterocycles. The van der Waals surface area contributed by atoms with Gasteiger partial charge in [0.15, 0.2) is 4.67 Å². The van der Waals surface area contributed by atoms with Crippen LogP contribution in [-0.4, -0.2) is 18.3 Å². The van der Waals surface area contributed by atoms with E-state index in [0.717, 1.165) is 5.76 Å². The van der Waals surface area contributed by atoms with E-state index in [1.807, 2.05) is 51.9 Å². The van der Waals surface area contributed by atoms with Gasteiger partial charge in [-0.15, -0.1) is 0 Å². The maximum Gasteiger partial charge on any atom is 0.487 e. The quantitative estimate of drug-likeness (QED) is 0.781. The lowest BCUT2D eigenvalue weighted by molar-refractivity contribution is 0.00578. The second kappa shape index (κ2) is 4.30. The maximum atomic E-state index is 5.83. The van der Waals surface area contributed by atoms with Crippen molar-refractivity contribution < 1.29 is 13.7 Å². The van der Waals surface area contributed by atoms with Gasteiger partial charge >= 0.3 is 7.12 Å². The first kappa shape index (κ1) is 12.9. The van der Waals surface area contributed by atoms with E-state index in [1.165, 1.54) is 0 Å². The van der Waals surface area contributed by atoms with Gasteiger partial charge in [-0.05, 0) is 61.8 Å².